The summed E-state index contributed by atoms with van der Waals surface area (Å²) in [5, 5.41) is 3.03. The summed E-state index contributed by atoms with van der Waals surface area (Å²) in [5.74, 6) is 0.851. The highest BCUT2D eigenvalue weighted by Gasteiger charge is 2.41. The van der Waals surface area contributed by atoms with E-state index >= 15 is 0 Å². The van der Waals surface area contributed by atoms with Crippen LogP contribution in [0.3, 0.4) is 0 Å². The molecule has 0 spiro atoms. The predicted octanol–water partition coefficient (Wildman–Crippen LogP) is 4.46. The molecule has 0 saturated heterocycles. The number of hydrogen-bond donors (Lipinski definition) is 1. The quantitative estimate of drug-likeness (QED) is 0.807. The third kappa shape index (κ3) is 4.25. The van der Waals surface area contributed by atoms with Gasteiger partial charge in [-0.25, -0.2) is 0 Å². The molecule has 1 fully saturated rings. The molecular formula is C19H29NO3. The Morgan fingerprint density at radius 2 is 2.00 bits per heavy atom. The number of hydrogen-bond acceptors (Lipinski definition) is 3. The summed E-state index contributed by atoms with van der Waals surface area (Å²) in [4.78, 5) is 12.7. The van der Waals surface area contributed by atoms with Gasteiger partial charge in [-0.15, -0.1) is 0 Å². The summed E-state index contributed by atoms with van der Waals surface area (Å²) >= 11 is 0. The molecule has 2 rings (SSSR count). The average molecular weight is 319 g/mol. The standard InChI is InChI=1S/C19H29NO3/c1-5-15(4)23-17-10-9-16(13-14(17)3)20-18(21)19(22-6-2)11-7-8-12-19/h9-10,13,15H,5-8,11-12H2,1-4H3,(H,20,21)/t15-/m0/s1. The zero-order valence-electron chi connectivity index (χ0n) is 14.8. The van der Waals surface area contributed by atoms with Gasteiger partial charge in [0.25, 0.3) is 5.91 Å². The Morgan fingerprint density at radius 1 is 1.30 bits per heavy atom. The summed E-state index contributed by atoms with van der Waals surface area (Å²) in [6, 6.07) is 5.79. The van der Waals surface area contributed by atoms with Gasteiger partial charge in [-0.1, -0.05) is 6.92 Å². The molecule has 1 aliphatic carbocycles. The van der Waals surface area contributed by atoms with E-state index in [1.165, 1.54) is 0 Å². The average Bonchev–Trinajstić information content (AvgIpc) is 3.00. The van der Waals surface area contributed by atoms with Crippen molar-refractivity contribution in [2.75, 3.05) is 11.9 Å². The predicted molar refractivity (Wildman–Crippen MR) is 93.0 cm³/mol. The summed E-state index contributed by atoms with van der Waals surface area (Å²) in [6.45, 7) is 8.67. The zero-order valence-corrected chi connectivity index (χ0v) is 14.8. The number of anilines is 1. The molecule has 1 aromatic carbocycles. The van der Waals surface area contributed by atoms with Crippen LogP contribution in [0.4, 0.5) is 5.69 Å². The van der Waals surface area contributed by atoms with Gasteiger partial charge in [-0.05, 0) is 76.6 Å². The van der Waals surface area contributed by atoms with Gasteiger partial charge in [-0.3, -0.25) is 4.79 Å². The Hall–Kier alpha value is -1.55. The van der Waals surface area contributed by atoms with Crippen LogP contribution in [0, 0.1) is 6.92 Å². The Kier molecular flexibility index (Phi) is 6.05. The van der Waals surface area contributed by atoms with Gasteiger partial charge >= 0.3 is 0 Å². The van der Waals surface area contributed by atoms with E-state index < -0.39 is 5.60 Å². The number of aryl methyl sites for hydroxylation is 1. The fraction of sp³-hybridized carbons (Fsp3) is 0.632. The summed E-state index contributed by atoms with van der Waals surface area (Å²) < 4.78 is 11.7. The maximum Gasteiger partial charge on any atom is 0.256 e. The second-order valence-corrected chi connectivity index (χ2v) is 6.41. The van der Waals surface area contributed by atoms with Crippen molar-refractivity contribution in [1.82, 2.24) is 0 Å². The van der Waals surface area contributed by atoms with E-state index in [1.54, 1.807) is 0 Å². The Labute approximate surface area is 139 Å². The Morgan fingerprint density at radius 3 is 2.57 bits per heavy atom. The molecule has 1 N–H and O–H groups in total. The van der Waals surface area contributed by atoms with E-state index in [0.717, 1.165) is 49.1 Å². The molecule has 1 aliphatic rings. The first-order valence-corrected chi connectivity index (χ1v) is 8.73. The van der Waals surface area contributed by atoms with E-state index in [4.69, 9.17) is 9.47 Å². The first-order chi connectivity index (χ1) is 11.0. The molecule has 4 nitrogen and oxygen atoms in total. The molecule has 1 amide bonds. The van der Waals surface area contributed by atoms with E-state index in [1.807, 2.05) is 32.0 Å². The first-order valence-electron chi connectivity index (χ1n) is 8.73. The fourth-order valence-electron chi connectivity index (χ4n) is 3.06. The van der Waals surface area contributed by atoms with Crippen LogP contribution in [0.1, 0.15) is 58.4 Å². The number of benzene rings is 1. The van der Waals surface area contributed by atoms with Crippen molar-refractivity contribution in [1.29, 1.82) is 0 Å². The molecule has 0 heterocycles. The Balaban J connectivity index is 2.07. The number of carbonyl (C=O) groups is 1. The van der Waals surface area contributed by atoms with Gasteiger partial charge in [0.05, 0.1) is 6.10 Å². The lowest BCUT2D eigenvalue weighted by Crippen LogP contribution is -2.43. The summed E-state index contributed by atoms with van der Waals surface area (Å²) in [7, 11) is 0. The van der Waals surface area contributed by atoms with E-state index in [2.05, 4.69) is 19.2 Å². The molecule has 0 aliphatic heterocycles. The van der Waals surface area contributed by atoms with Crippen LogP contribution in [-0.2, 0) is 9.53 Å². The number of amides is 1. The molecule has 0 bridgehead atoms. The normalized spacial score (nSPS) is 17.7. The third-order valence-electron chi connectivity index (χ3n) is 4.58. The Bertz CT molecular complexity index is 535. The largest absolute Gasteiger partial charge is 0.490 e. The van der Waals surface area contributed by atoms with Crippen LogP contribution in [0.15, 0.2) is 18.2 Å². The smallest absolute Gasteiger partial charge is 0.256 e. The number of ether oxygens (including phenoxy) is 2. The molecule has 1 saturated carbocycles. The molecular weight excluding hydrogens is 290 g/mol. The molecule has 0 aromatic heterocycles. The van der Waals surface area contributed by atoms with Gasteiger partial charge in [0.1, 0.15) is 11.4 Å². The summed E-state index contributed by atoms with van der Waals surface area (Å²) in [5.41, 5.74) is 1.18. The van der Waals surface area contributed by atoms with Crippen molar-refractivity contribution in [3.8, 4) is 5.75 Å². The van der Waals surface area contributed by atoms with Crippen LogP contribution in [0.2, 0.25) is 0 Å². The minimum atomic E-state index is -0.644. The topological polar surface area (TPSA) is 47.6 Å². The van der Waals surface area contributed by atoms with Gasteiger partial charge in [0.15, 0.2) is 0 Å². The lowest BCUT2D eigenvalue weighted by molar-refractivity contribution is -0.140. The van der Waals surface area contributed by atoms with Crippen molar-refractivity contribution >= 4 is 11.6 Å². The highest BCUT2D eigenvalue weighted by atomic mass is 16.5. The SMILES string of the molecule is CCOC1(C(=O)Nc2ccc(O[C@@H](C)CC)c(C)c2)CCCC1. The van der Waals surface area contributed by atoms with Gasteiger partial charge in [-0.2, -0.15) is 0 Å². The van der Waals surface area contributed by atoms with Crippen LogP contribution in [-0.4, -0.2) is 24.2 Å². The van der Waals surface area contributed by atoms with Gasteiger partial charge in [0.2, 0.25) is 0 Å². The van der Waals surface area contributed by atoms with Gasteiger partial charge < -0.3 is 14.8 Å². The molecule has 23 heavy (non-hydrogen) atoms. The molecule has 1 aromatic rings. The van der Waals surface area contributed by atoms with Crippen molar-refractivity contribution < 1.29 is 14.3 Å². The minimum Gasteiger partial charge on any atom is -0.490 e. The van der Waals surface area contributed by atoms with Gasteiger partial charge in [0, 0.05) is 12.3 Å². The van der Waals surface area contributed by atoms with Crippen LogP contribution >= 0.6 is 0 Å². The zero-order chi connectivity index (χ0) is 16.9. The van der Waals surface area contributed by atoms with Crippen LogP contribution < -0.4 is 10.1 Å². The van der Waals surface area contributed by atoms with Crippen molar-refractivity contribution in [2.24, 2.45) is 0 Å². The fourth-order valence-corrected chi connectivity index (χ4v) is 3.06. The minimum absolute atomic E-state index is 0.0214. The van der Waals surface area contributed by atoms with Crippen molar-refractivity contribution in [3.63, 3.8) is 0 Å². The maximum atomic E-state index is 12.7. The highest BCUT2D eigenvalue weighted by molar-refractivity contribution is 5.97. The maximum absolute atomic E-state index is 12.7. The summed E-state index contributed by atoms with van der Waals surface area (Å²) in [6.07, 6.45) is 4.87. The van der Waals surface area contributed by atoms with Crippen molar-refractivity contribution in [2.45, 2.75) is 71.5 Å². The number of rotatable bonds is 7. The van der Waals surface area contributed by atoms with Crippen molar-refractivity contribution in [3.05, 3.63) is 23.8 Å². The van der Waals surface area contributed by atoms with E-state index in [-0.39, 0.29) is 12.0 Å². The molecule has 128 valence electrons. The second kappa shape index (κ2) is 7.82. The molecule has 1 atom stereocenters. The molecule has 4 heteroatoms. The first kappa shape index (κ1) is 17.8. The molecule has 0 radical (unpaired) electrons. The van der Waals surface area contributed by atoms with Crippen LogP contribution in [0.25, 0.3) is 0 Å². The van der Waals surface area contributed by atoms with Crippen LogP contribution in [0.5, 0.6) is 5.75 Å². The monoisotopic (exact) mass is 319 g/mol. The van der Waals surface area contributed by atoms with E-state index in [0.29, 0.717) is 6.61 Å². The second-order valence-electron chi connectivity index (χ2n) is 6.41. The third-order valence-corrected chi connectivity index (χ3v) is 4.58. The van der Waals surface area contributed by atoms with E-state index in [9.17, 15) is 4.79 Å². The lowest BCUT2D eigenvalue weighted by Gasteiger charge is -2.27. The number of carbonyl (C=O) groups excluding carboxylic acids is 1. The lowest BCUT2D eigenvalue weighted by atomic mass is 10.0. The highest BCUT2D eigenvalue weighted by Crippen LogP contribution is 2.34. The molecule has 0 unspecified atom stereocenters. The number of nitrogens with one attached hydrogen (secondary N) is 1.